The molecule has 220 valence electrons. The molecular weight excluding hydrogens is 536 g/mol. The average Bonchev–Trinajstić information content (AvgIpc) is 3.25. The maximum absolute atomic E-state index is 12.6. The summed E-state index contributed by atoms with van der Waals surface area (Å²) in [5.74, 6) is -0.494. The fourth-order valence-electron chi connectivity index (χ4n) is 4.87. The molecule has 1 heterocycles. The molecule has 0 spiro atoms. The summed E-state index contributed by atoms with van der Waals surface area (Å²) in [6.45, 7) is -0.508. The molecule has 5 N–H and O–H groups in total. The fourth-order valence-corrected chi connectivity index (χ4v) is 4.87. The van der Waals surface area contributed by atoms with Gasteiger partial charge in [-0.2, -0.15) is 0 Å². The molecule has 0 bridgehead atoms. The second-order valence-electron chi connectivity index (χ2n) is 9.81. The molecule has 41 heavy (non-hydrogen) atoms. The lowest BCUT2D eigenvalue weighted by Gasteiger charge is -2.26. The molecule has 1 saturated heterocycles. The molecule has 1 aliphatic rings. The smallest absolute Gasteiger partial charge is 0.338 e. The number of hydrogen-bond donors (Lipinski definition) is 5. The van der Waals surface area contributed by atoms with E-state index in [0.29, 0.717) is 16.9 Å². The zero-order valence-corrected chi connectivity index (χ0v) is 22.9. The van der Waals surface area contributed by atoms with Gasteiger partial charge in [0.2, 0.25) is 0 Å². The molecule has 0 aliphatic carbocycles. The topological polar surface area (TPSA) is 164 Å². The van der Waals surface area contributed by atoms with Crippen molar-refractivity contribution in [3.8, 4) is 34.5 Å². The maximum atomic E-state index is 12.6. The number of esters is 1. The van der Waals surface area contributed by atoms with Gasteiger partial charge in [0.15, 0.2) is 46.2 Å². The van der Waals surface area contributed by atoms with Crippen LogP contribution in [0.25, 0.3) is 0 Å². The number of methoxy groups -OCH3 is 3. The van der Waals surface area contributed by atoms with Gasteiger partial charge in [0.25, 0.3) is 0 Å². The van der Waals surface area contributed by atoms with Crippen LogP contribution in [0.1, 0.15) is 22.8 Å². The van der Waals surface area contributed by atoms with E-state index < -0.39 is 36.3 Å². The first-order valence-corrected chi connectivity index (χ1v) is 12.9. The summed E-state index contributed by atoms with van der Waals surface area (Å²) in [5, 5.41) is 51.9. The summed E-state index contributed by atoms with van der Waals surface area (Å²) in [7, 11) is 4.24. The minimum Gasteiger partial charge on any atom is -0.504 e. The SMILES string of the molecule is COc1cc(C[C@@]2(O)C(=O)OC[C@@H]2Cc2ccc(OC(CO)C(O)c3ccc(O)c(OC)c3)c(OC)c2)ccc1O. The van der Waals surface area contributed by atoms with E-state index in [-0.39, 0.29) is 48.2 Å². The van der Waals surface area contributed by atoms with E-state index in [4.69, 9.17) is 23.7 Å². The van der Waals surface area contributed by atoms with Crippen LogP contribution in [0.15, 0.2) is 54.6 Å². The minimum absolute atomic E-state index is 0.0139. The van der Waals surface area contributed by atoms with Crippen LogP contribution in [-0.2, 0) is 22.4 Å². The molecule has 2 unspecified atom stereocenters. The number of aliphatic hydroxyl groups excluding tert-OH is 2. The summed E-state index contributed by atoms with van der Waals surface area (Å²) in [5.41, 5.74) is -0.122. The third kappa shape index (κ3) is 6.27. The Morgan fingerprint density at radius 3 is 2.15 bits per heavy atom. The van der Waals surface area contributed by atoms with Gasteiger partial charge in [0, 0.05) is 12.3 Å². The summed E-state index contributed by atoms with van der Waals surface area (Å²) in [6, 6.07) is 14.0. The van der Waals surface area contributed by atoms with Crippen molar-refractivity contribution in [3.05, 3.63) is 71.3 Å². The van der Waals surface area contributed by atoms with Crippen molar-refractivity contribution >= 4 is 5.97 Å². The summed E-state index contributed by atoms with van der Waals surface area (Å²) < 4.78 is 26.9. The van der Waals surface area contributed by atoms with Gasteiger partial charge in [-0.05, 0) is 59.5 Å². The monoisotopic (exact) mass is 570 g/mol. The summed E-state index contributed by atoms with van der Waals surface area (Å²) >= 11 is 0. The minimum atomic E-state index is -1.80. The highest BCUT2D eigenvalue weighted by molar-refractivity contribution is 5.82. The number of phenols is 2. The predicted molar refractivity (Wildman–Crippen MR) is 146 cm³/mol. The molecule has 0 aromatic heterocycles. The number of hydrogen-bond acceptors (Lipinski definition) is 11. The lowest BCUT2D eigenvalue weighted by atomic mass is 9.81. The Balaban J connectivity index is 1.51. The van der Waals surface area contributed by atoms with Crippen molar-refractivity contribution in [2.75, 3.05) is 34.5 Å². The van der Waals surface area contributed by atoms with E-state index in [1.807, 2.05) is 0 Å². The molecule has 0 saturated carbocycles. The molecule has 4 rings (SSSR count). The molecule has 4 atom stereocenters. The van der Waals surface area contributed by atoms with Crippen molar-refractivity contribution < 1.29 is 54.0 Å². The van der Waals surface area contributed by atoms with Crippen LogP contribution in [0.3, 0.4) is 0 Å². The average molecular weight is 571 g/mol. The lowest BCUT2D eigenvalue weighted by molar-refractivity contribution is -0.154. The molecule has 3 aromatic carbocycles. The Kier molecular flexibility index (Phi) is 9.11. The van der Waals surface area contributed by atoms with Crippen LogP contribution in [-0.4, -0.2) is 77.8 Å². The number of carbonyl (C=O) groups is 1. The van der Waals surface area contributed by atoms with Crippen LogP contribution in [0.4, 0.5) is 0 Å². The van der Waals surface area contributed by atoms with Crippen LogP contribution < -0.4 is 18.9 Å². The normalized spacial score (nSPS) is 19.8. The first-order valence-electron chi connectivity index (χ1n) is 12.9. The molecule has 11 nitrogen and oxygen atoms in total. The second-order valence-corrected chi connectivity index (χ2v) is 9.81. The maximum Gasteiger partial charge on any atom is 0.338 e. The molecule has 0 radical (unpaired) electrons. The van der Waals surface area contributed by atoms with Gasteiger partial charge in [-0.25, -0.2) is 4.79 Å². The molecule has 3 aromatic rings. The van der Waals surface area contributed by atoms with Gasteiger partial charge in [0.05, 0.1) is 34.5 Å². The summed E-state index contributed by atoms with van der Waals surface area (Å²) in [4.78, 5) is 12.6. The van der Waals surface area contributed by atoms with Crippen LogP contribution in [0.2, 0.25) is 0 Å². The Labute approximate surface area is 237 Å². The van der Waals surface area contributed by atoms with E-state index in [2.05, 4.69) is 0 Å². The number of aromatic hydroxyl groups is 2. The highest BCUT2D eigenvalue weighted by atomic mass is 16.6. The van der Waals surface area contributed by atoms with Crippen molar-refractivity contribution in [2.24, 2.45) is 5.92 Å². The third-order valence-corrected chi connectivity index (χ3v) is 7.23. The third-order valence-electron chi connectivity index (χ3n) is 7.23. The van der Waals surface area contributed by atoms with Crippen LogP contribution in [0.5, 0.6) is 34.5 Å². The number of ether oxygens (including phenoxy) is 5. The van der Waals surface area contributed by atoms with Crippen molar-refractivity contribution in [1.82, 2.24) is 0 Å². The van der Waals surface area contributed by atoms with Gasteiger partial charge in [-0.1, -0.05) is 18.2 Å². The Hall–Kier alpha value is -4.19. The molecule has 0 amide bonds. The Morgan fingerprint density at radius 1 is 0.878 bits per heavy atom. The van der Waals surface area contributed by atoms with Crippen molar-refractivity contribution in [3.63, 3.8) is 0 Å². The van der Waals surface area contributed by atoms with E-state index >= 15 is 0 Å². The predicted octanol–water partition coefficient (Wildman–Crippen LogP) is 2.29. The number of benzene rings is 3. The van der Waals surface area contributed by atoms with Crippen molar-refractivity contribution in [1.29, 1.82) is 0 Å². The standard InChI is InChI=1S/C30H34O11/c1-37-24-12-18(4-7-21(24)32)14-30(36)20(16-40-29(30)35)10-17-5-9-23(26(11-17)39-3)41-27(15-31)28(34)19-6-8-22(33)25(13-19)38-2/h4-9,11-13,20,27-28,31-34,36H,10,14-16H2,1-3H3/t20-,27?,28?,30-/m0/s1. The van der Waals surface area contributed by atoms with Gasteiger partial charge >= 0.3 is 5.97 Å². The molecular formula is C30H34O11. The van der Waals surface area contributed by atoms with Gasteiger partial charge in [-0.15, -0.1) is 0 Å². The van der Waals surface area contributed by atoms with E-state index in [1.165, 1.54) is 45.6 Å². The zero-order valence-electron chi connectivity index (χ0n) is 22.9. The van der Waals surface area contributed by atoms with E-state index in [1.54, 1.807) is 30.3 Å². The van der Waals surface area contributed by atoms with E-state index in [9.17, 15) is 30.3 Å². The second kappa shape index (κ2) is 12.5. The number of phenolic OH excluding ortho intramolecular Hbond substituents is 2. The number of cyclic esters (lactones) is 1. The summed E-state index contributed by atoms with van der Waals surface area (Å²) in [6.07, 6.45) is -2.09. The van der Waals surface area contributed by atoms with Gasteiger partial charge < -0.3 is 49.2 Å². The van der Waals surface area contributed by atoms with E-state index in [0.717, 1.165) is 5.56 Å². The molecule has 1 aliphatic heterocycles. The first-order chi connectivity index (χ1) is 19.6. The number of rotatable bonds is 12. The van der Waals surface area contributed by atoms with Crippen LogP contribution in [0, 0.1) is 5.92 Å². The van der Waals surface area contributed by atoms with Gasteiger partial charge in [-0.3, -0.25) is 0 Å². The van der Waals surface area contributed by atoms with Crippen molar-refractivity contribution in [2.45, 2.75) is 30.7 Å². The number of carbonyl (C=O) groups excluding carboxylic acids is 1. The largest absolute Gasteiger partial charge is 0.504 e. The highest BCUT2D eigenvalue weighted by Gasteiger charge is 2.51. The van der Waals surface area contributed by atoms with Gasteiger partial charge in [0.1, 0.15) is 6.10 Å². The highest BCUT2D eigenvalue weighted by Crippen LogP contribution is 2.38. The quantitative estimate of drug-likeness (QED) is 0.203. The first kappa shape index (κ1) is 29.8. The Morgan fingerprint density at radius 2 is 1.49 bits per heavy atom. The fraction of sp³-hybridized carbons (Fsp3) is 0.367. The lowest BCUT2D eigenvalue weighted by Crippen LogP contribution is -2.44. The number of aliphatic hydroxyl groups is 3. The molecule has 11 heteroatoms. The van der Waals surface area contributed by atoms with Crippen LogP contribution >= 0.6 is 0 Å². The zero-order chi connectivity index (χ0) is 29.7. The Bertz CT molecular complexity index is 1370. The molecule has 1 fully saturated rings.